The third kappa shape index (κ3) is 5.04. The molecule has 6 nitrogen and oxygen atoms in total. The maximum Gasteiger partial charge on any atom is 0.494 e. The zero-order valence-electron chi connectivity index (χ0n) is 19.1. The Balaban J connectivity index is 1.41. The highest BCUT2D eigenvalue weighted by atomic mass is 16.7. The summed E-state index contributed by atoms with van der Waals surface area (Å²) in [7, 11) is -0.427. The Hall–Kier alpha value is -2.12. The smallest absolute Gasteiger partial charge is 0.482 e. The van der Waals surface area contributed by atoms with Gasteiger partial charge in [-0.2, -0.15) is 0 Å². The number of ether oxygens (including phenoxy) is 1. The summed E-state index contributed by atoms with van der Waals surface area (Å²) < 4.78 is 18.1. The second-order valence-corrected chi connectivity index (χ2v) is 9.76. The van der Waals surface area contributed by atoms with Crippen LogP contribution in [0.5, 0.6) is 5.75 Å². The van der Waals surface area contributed by atoms with E-state index in [9.17, 15) is 4.79 Å². The summed E-state index contributed by atoms with van der Waals surface area (Å²) in [6.07, 6.45) is 8.68. The lowest BCUT2D eigenvalue weighted by Crippen LogP contribution is -2.41. The fourth-order valence-electron chi connectivity index (χ4n) is 4.18. The van der Waals surface area contributed by atoms with E-state index in [0.717, 1.165) is 29.2 Å². The van der Waals surface area contributed by atoms with Crippen molar-refractivity contribution in [3.8, 4) is 5.75 Å². The van der Waals surface area contributed by atoms with Crippen LogP contribution >= 0.6 is 0 Å². The van der Waals surface area contributed by atoms with Gasteiger partial charge in [0.2, 0.25) is 0 Å². The number of pyridine rings is 1. The van der Waals surface area contributed by atoms with Crippen LogP contribution in [0, 0.1) is 0 Å². The van der Waals surface area contributed by atoms with E-state index in [4.69, 9.17) is 14.0 Å². The topological polar surface area (TPSA) is 69.7 Å². The van der Waals surface area contributed by atoms with Crippen LogP contribution in [0.4, 0.5) is 0 Å². The first-order valence-electron chi connectivity index (χ1n) is 11.4. The van der Waals surface area contributed by atoms with Crippen LogP contribution in [0.1, 0.15) is 66.2 Å². The van der Waals surface area contributed by atoms with Crippen molar-refractivity contribution < 1.29 is 18.8 Å². The summed E-state index contributed by atoms with van der Waals surface area (Å²) in [6.45, 7) is 8.17. The van der Waals surface area contributed by atoms with Gasteiger partial charge in [-0.1, -0.05) is 37.8 Å². The predicted octanol–water partition coefficient (Wildman–Crippen LogP) is 3.75. The van der Waals surface area contributed by atoms with Gasteiger partial charge in [0.15, 0.2) is 6.61 Å². The molecule has 1 aromatic heterocycles. The second-order valence-electron chi connectivity index (χ2n) is 9.76. The van der Waals surface area contributed by atoms with Gasteiger partial charge in [0.05, 0.1) is 22.9 Å². The monoisotopic (exact) mass is 424 g/mol. The second kappa shape index (κ2) is 8.79. The highest BCUT2D eigenvalue weighted by Gasteiger charge is 2.51. The number of benzene rings is 1. The van der Waals surface area contributed by atoms with Crippen molar-refractivity contribution in [2.45, 2.75) is 83.5 Å². The van der Waals surface area contributed by atoms with E-state index in [1.807, 2.05) is 52.0 Å². The number of nitrogens with one attached hydrogen (secondary N) is 1. The summed E-state index contributed by atoms with van der Waals surface area (Å²) in [5.74, 6) is 0.507. The van der Waals surface area contributed by atoms with Crippen LogP contribution in [0.2, 0.25) is 0 Å². The molecule has 1 saturated heterocycles. The highest BCUT2D eigenvalue weighted by molar-refractivity contribution is 6.62. The molecule has 2 aromatic rings. The normalized spacial score (nSPS) is 21.1. The van der Waals surface area contributed by atoms with Gasteiger partial charge in [-0.25, -0.2) is 0 Å². The minimum Gasteiger partial charge on any atom is -0.482 e. The number of amides is 1. The molecule has 7 heteroatoms. The van der Waals surface area contributed by atoms with Crippen molar-refractivity contribution in [1.29, 1.82) is 0 Å². The van der Waals surface area contributed by atoms with Crippen LogP contribution in [0.3, 0.4) is 0 Å². The average Bonchev–Trinajstić information content (AvgIpc) is 2.88. The molecule has 1 saturated carbocycles. The van der Waals surface area contributed by atoms with Gasteiger partial charge in [-0.15, -0.1) is 0 Å². The Morgan fingerprint density at radius 2 is 1.77 bits per heavy atom. The van der Waals surface area contributed by atoms with E-state index in [0.29, 0.717) is 5.75 Å². The summed E-state index contributed by atoms with van der Waals surface area (Å²) in [5.41, 5.74) is 1.02. The van der Waals surface area contributed by atoms with Crippen LogP contribution < -0.4 is 15.5 Å². The zero-order valence-corrected chi connectivity index (χ0v) is 19.1. The number of hydrogen-bond acceptors (Lipinski definition) is 5. The van der Waals surface area contributed by atoms with Crippen LogP contribution in [0.15, 0.2) is 30.5 Å². The third-order valence-corrected chi connectivity index (χ3v) is 6.80. The highest BCUT2D eigenvalue weighted by Crippen LogP contribution is 2.36. The number of carbonyl (C=O) groups is 1. The van der Waals surface area contributed by atoms with E-state index in [1.54, 1.807) is 6.20 Å². The Morgan fingerprint density at radius 3 is 2.45 bits per heavy atom. The number of carbonyl (C=O) groups excluding carboxylic acids is 1. The van der Waals surface area contributed by atoms with E-state index in [2.05, 4.69) is 10.3 Å². The van der Waals surface area contributed by atoms with Gasteiger partial charge in [-0.3, -0.25) is 9.78 Å². The first kappa shape index (κ1) is 22.1. The molecular formula is C24H33BN2O4. The quantitative estimate of drug-likeness (QED) is 0.585. The van der Waals surface area contributed by atoms with E-state index in [-0.39, 0.29) is 29.8 Å². The standard InChI is InChI=1S/C24H33BN2O4/c1-23(2)24(3,4)31-25(30-23)18-11-12-21-17(13-18)14-20(15-26-21)29-16-22(28)27-19-9-7-5-6-8-10-19/h11-15,19H,5-10,16H2,1-4H3,(H,27,28). The lowest BCUT2D eigenvalue weighted by Gasteiger charge is -2.32. The average molecular weight is 424 g/mol. The maximum absolute atomic E-state index is 12.3. The molecule has 1 amide bonds. The molecule has 0 atom stereocenters. The lowest BCUT2D eigenvalue weighted by molar-refractivity contribution is -0.123. The Morgan fingerprint density at radius 1 is 1.10 bits per heavy atom. The predicted molar refractivity (Wildman–Crippen MR) is 123 cm³/mol. The SMILES string of the molecule is CC1(C)OB(c2ccc3ncc(OCC(=O)NC4CCCCCC4)cc3c2)OC1(C)C. The van der Waals surface area contributed by atoms with Gasteiger partial charge < -0.3 is 19.4 Å². The van der Waals surface area contributed by atoms with Crippen molar-refractivity contribution in [1.82, 2.24) is 10.3 Å². The summed E-state index contributed by atoms with van der Waals surface area (Å²) in [6, 6.07) is 8.14. The Bertz CT molecular complexity index is 922. The van der Waals surface area contributed by atoms with E-state index >= 15 is 0 Å². The molecule has 1 N–H and O–H groups in total. The molecule has 0 bridgehead atoms. The third-order valence-electron chi connectivity index (χ3n) is 6.80. The Kier molecular flexibility index (Phi) is 6.26. The zero-order chi connectivity index (χ0) is 22.1. The molecule has 1 aliphatic heterocycles. The van der Waals surface area contributed by atoms with Crippen LogP contribution in [0.25, 0.3) is 10.9 Å². The summed E-state index contributed by atoms with van der Waals surface area (Å²) in [4.78, 5) is 16.8. The van der Waals surface area contributed by atoms with Crippen molar-refractivity contribution in [3.63, 3.8) is 0 Å². The van der Waals surface area contributed by atoms with Gasteiger partial charge in [0.25, 0.3) is 5.91 Å². The largest absolute Gasteiger partial charge is 0.494 e. The number of hydrogen-bond donors (Lipinski definition) is 1. The number of rotatable bonds is 5. The number of fused-ring (bicyclic) bond motifs is 1. The van der Waals surface area contributed by atoms with Crippen LogP contribution in [-0.2, 0) is 14.1 Å². The number of nitrogens with zero attached hydrogens (tertiary/aromatic N) is 1. The summed E-state index contributed by atoms with van der Waals surface area (Å²) >= 11 is 0. The molecule has 2 aliphatic rings. The minimum atomic E-state index is -0.427. The van der Waals surface area contributed by atoms with Crippen LogP contribution in [-0.4, -0.2) is 41.9 Å². The van der Waals surface area contributed by atoms with Crippen molar-refractivity contribution >= 4 is 29.4 Å². The minimum absolute atomic E-state index is 0.000599. The molecule has 1 aliphatic carbocycles. The molecule has 166 valence electrons. The molecule has 0 unspecified atom stereocenters. The van der Waals surface area contributed by atoms with Gasteiger partial charge in [-0.05, 0) is 58.1 Å². The molecule has 2 fully saturated rings. The van der Waals surface area contributed by atoms with Crippen molar-refractivity contribution in [3.05, 3.63) is 30.5 Å². The molecule has 2 heterocycles. The fraction of sp³-hybridized carbons (Fsp3) is 0.583. The Labute approximate surface area is 185 Å². The van der Waals surface area contributed by atoms with Gasteiger partial charge in [0.1, 0.15) is 5.75 Å². The molecule has 1 aromatic carbocycles. The van der Waals surface area contributed by atoms with Crippen molar-refractivity contribution in [2.75, 3.05) is 6.61 Å². The first-order chi connectivity index (χ1) is 14.7. The fourth-order valence-corrected chi connectivity index (χ4v) is 4.18. The molecule has 0 radical (unpaired) electrons. The van der Waals surface area contributed by atoms with Crippen molar-refractivity contribution in [2.24, 2.45) is 0 Å². The van der Waals surface area contributed by atoms with E-state index in [1.165, 1.54) is 25.7 Å². The van der Waals surface area contributed by atoms with Gasteiger partial charge in [0, 0.05) is 11.4 Å². The summed E-state index contributed by atoms with van der Waals surface area (Å²) in [5, 5.41) is 4.04. The molecule has 4 rings (SSSR count). The lowest BCUT2D eigenvalue weighted by atomic mass is 9.78. The van der Waals surface area contributed by atoms with Gasteiger partial charge >= 0.3 is 7.12 Å². The molecule has 31 heavy (non-hydrogen) atoms. The number of aromatic nitrogens is 1. The first-order valence-corrected chi connectivity index (χ1v) is 11.4. The molecule has 0 spiro atoms. The maximum atomic E-state index is 12.3. The molecular weight excluding hydrogens is 391 g/mol. The van der Waals surface area contributed by atoms with E-state index < -0.39 is 7.12 Å².